The standard InChI is InChI=1S/C22H22Cl2N4O4/c23-14-6-7-17(16(24)8-14)27-22(31)25-15-9-19-20(29)26-18(21(30)28(19)10-15)12-32-11-13-4-2-1-3-5-13/h1-8,15,18-19H,9-12H2,(H,26,29)(H2,25,27,31)/t15-,18-,19-/m0/s1. The number of rotatable bonds is 6. The molecule has 0 saturated carbocycles. The largest absolute Gasteiger partial charge is 0.374 e. The Labute approximate surface area is 195 Å². The van der Waals surface area contributed by atoms with Crippen LogP contribution in [0.3, 0.4) is 0 Å². The number of anilines is 1. The van der Waals surface area contributed by atoms with Gasteiger partial charge in [0.15, 0.2) is 0 Å². The predicted octanol–water partition coefficient (Wildman–Crippen LogP) is 2.80. The van der Waals surface area contributed by atoms with E-state index in [0.717, 1.165) is 5.56 Å². The molecular formula is C22H22Cl2N4O4. The van der Waals surface area contributed by atoms with Gasteiger partial charge in [-0.1, -0.05) is 53.5 Å². The lowest BCUT2D eigenvalue weighted by Gasteiger charge is -2.34. The van der Waals surface area contributed by atoms with Crippen molar-refractivity contribution in [2.24, 2.45) is 0 Å². The minimum absolute atomic E-state index is 0.0797. The third kappa shape index (κ3) is 5.15. The number of piperazine rings is 1. The average molecular weight is 477 g/mol. The summed E-state index contributed by atoms with van der Waals surface area (Å²) in [6.45, 7) is 0.672. The summed E-state index contributed by atoms with van der Waals surface area (Å²) in [7, 11) is 0. The van der Waals surface area contributed by atoms with Crippen LogP contribution >= 0.6 is 23.2 Å². The highest BCUT2D eigenvalue weighted by molar-refractivity contribution is 6.36. The van der Waals surface area contributed by atoms with Crippen molar-refractivity contribution in [3.8, 4) is 0 Å². The molecule has 0 spiro atoms. The first-order valence-corrected chi connectivity index (χ1v) is 10.9. The van der Waals surface area contributed by atoms with E-state index in [1.54, 1.807) is 12.1 Å². The van der Waals surface area contributed by atoms with Crippen LogP contribution in [0.4, 0.5) is 10.5 Å². The number of urea groups is 1. The Kier molecular flexibility index (Phi) is 6.83. The van der Waals surface area contributed by atoms with E-state index in [2.05, 4.69) is 16.0 Å². The molecule has 2 aromatic carbocycles. The molecule has 32 heavy (non-hydrogen) atoms. The number of nitrogens with zero attached hydrogens (tertiary/aromatic N) is 1. The summed E-state index contributed by atoms with van der Waals surface area (Å²) in [4.78, 5) is 39.3. The van der Waals surface area contributed by atoms with Crippen LogP contribution in [0.2, 0.25) is 10.0 Å². The van der Waals surface area contributed by atoms with Crippen LogP contribution in [0.25, 0.3) is 0 Å². The minimum atomic E-state index is -0.747. The van der Waals surface area contributed by atoms with Crippen LogP contribution in [-0.2, 0) is 20.9 Å². The summed E-state index contributed by atoms with van der Waals surface area (Å²) in [5.74, 6) is -0.462. The van der Waals surface area contributed by atoms with Crippen molar-refractivity contribution in [2.45, 2.75) is 31.2 Å². The smallest absolute Gasteiger partial charge is 0.319 e. The Morgan fingerprint density at radius 3 is 2.69 bits per heavy atom. The summed E-state index contributed by atoms with van der Waals surface area (Å²) in [5, 5.41) is 8.96. The van der Waals surface area contributed by atoms with Gasteiger partial charge in [-0.25, -0.2) is 4.79 Å². The highest BCUT2D eigenvalue weighted by Crippen LogP contribution is 2.26. The van der Waals surface area contributed by atoms with Gasteiger partial charge in [-0.15, -0.1) is 0 Å². The molecule has 0 radical (unpaired) electrons. The van der Waals surface area contributed by atoms with E-state index in [0.29, 0.717) is 28.8 Å². The van der Waals surface area contributed by atoms with E-state index in [4.69, 9.17) is 27.9 Å². The summed E-state index contributed by atoms with van der Waals surface area (Å²) < 4.78 is 5.64. The highest BCUT2D eigenvalue weighted by atomic mass is 35.5. The molecule has 2 aliphatic rings. The molecule has 2 aliphatic heterocycles. The molecule has 0 aromatic heterocycles. The molecule has 168 valence electrons. The quantitative estimate of drug-likeness (QED) is 0.596. The number of amides is 4. The van der Waals surface area contributed by atoms with Crippen LogP contribution in [0.5, 0.6) is 0 Å². The number of benzene rings is 2. The fraction of sp³-hybridized carbons (Fsp3) is 0.318. The molecule has 0 aliphatic carbocycles. The van der Waals surface area contributed by atoms with E-state index < -0.39 is 18.1 Å². The summed E-state index contributed by atoms with van der Waals surface area (Å²) in [5.41, 5.74) is 1.39. The first kappa shape index (κ1) is 22.4. The lowest BCUT2D eigenvalue weighted by atomic mass is 10.1. The number of fused-ring (bicyclic) bond motifs is 1. The second-order valence-corrected chi connectivity index (χ2v) is 8.57. The topological polar surface area (TPSA) is 99.8 Å². The van der Waals surface area contributed by atoms with E-state index in [1.165, 1.54) is 11.0 Å². The van der Waals surface area contributed by atoms with Crippen molar-refractivity contribution in [1.29, 1.82) is 0 Å². The van der Waals surface area contributed by atoms with Crippen molar-refractivity contribution in [2.75, 3.05) is 18.5 Å². The molecule has 3 N–H and O–H groups in total. The first-order valence-electron chi connectivity index (χ1n) is 10.2. The lowest BCUT2D eigenvalue weighted by molar-refractivity contribution is -0.148. The Morgan fingerprint density at radius 1 is 1.16 bits per heavy atom. The Balaban J connectivity index is 1.30. The van der Waals surface area contributed by atoms with Crippen LogP contribution in [0.1, 0.15) is 12.0 Å². The van der Waals surface area contributed by atoms with E-state index >= 15 is 0 Å². The van der Waals surface area contributed by atoms with E-state index in [-0.39, 0.29) is 31.0 Å². The number of hydrogen-bond donors (Lipinski definition) is 3. The van der Waals surface area contributed by atoms with Crippen molar-refractivity contribution >= 4 is 46.7 Å². The molecule has 2 heterocycles. The Hall–Kier alpha value is -2.81. The number of carbonyl (C=O) groups excluding carboxylic acids is 3. The van der Waals surface area contributed by atoms with Gasteiger partial charge in [-0.2, -0.15) is 0 Å². The van der Waals surface area contributed by atoms with Gasteiger partial charge in [-0.05, 0) is 30.2 Å². The monoisotopic (exact) mass is 476 g/mol. The molecule has 4 amide bonds. The third-order valence-electron chi connectivity index (χ3n) is 5.41. The zero-order valence-electron chi connectivity index (χ0n) is 17.0. The number of halogens is 2. The SMILES string of the molecule is O=C(Nc1ccc(Cl)cc1Cl)N[C@H]1C[C@H]2C(=O)N[C@@H](COCc3ccccc3)C(=O)N2C1. The lowest BCUT2D eigenvalue weighted by Crippen LogP contribution is -2.62. The third-order valence-corrected chi connectivity index (χ3v) is 5.96. The van der Waals surface area contributed by atoms with Gasteiger partial charge in [0.25, 0.3) is 0 Å². The van der Waals surface area contributed by atoms with Gasteiger partial charge in [-0.3, -0.25) is 9.59 Å². The fourth-order valence-electron chi connectivity index (χ4n) is 3.88. The zero-order valence-corrected chi connectivity index (χ0v) is 18.5. The van der Waals surface area contributed by atoms with E-state index in [1.807, 2.05) is 30.3 Å². The minimum Gasteiger partial charge on any atom is -0.374 e. The summed E-state index contributed by atoms with van der Waals surface area (Å²) in [6.07, 6.45) is 0.330. The maximum Gasteiger partial charge on any atom is 0.319 e. The maximum atomic E-state index is 12.9. The van der Waals surface area contributed by atoms with Gasteiger partial charge in [0.2, 0.25) is 11.8 Å². The normalized spacial score (nSPS) is 22.3. The molecule has 2 fully saturated rings. The van der Waals surface area contributed by atoms with Crippen molar-refractivity contribution in [1.82, 2.24) is 15.5 Å². The van der Waals surface area contributed by atoms with Crippen molar-refractivity contribution < 1.29 is 19.1 Å². The second-order valence-electron chi connectivity index (χ2n) is 7.72. The number of carbonyl (C=O) groups is 3. The van der Waals surface area contributed by atoms with Crippen molar-refractivity contribution in [3.63, 3.8) is 0 Å². The molecule has 0 unspecified atom stereocenters. The first-order chi connectivity index (χ1) is 15.4. The molecule has 3 atom stereocenters. The molecular weight excluding hydrogens is 455 g/mol. The van der Waals surface area contributed by atoms with Gasteiger partial charge >= 0.3 is 6.03 Å². The maximum absolute atomic E-state index is 12.9. The van der Waals surface area contributed by atoms with Crippen LogP contribution < -0.4 is 16.0 Å². The summed E-state index contributed by atoms with van der Waals surface area (Å²) >= 11 is 11.9. The Morgan fingerprint density at radius 2 is 1.94 bits per heavy atom. The molecule has 8 nitrogen and oxygen atoms in total. The van der Waals surface area contributed by atoms with Gasteiger partial charge in [0.05, 0.1) is 30.0 Å². The molecule has 4 rings (SSSR count). The van der Waals surface area contributed by atoms with Gasteiger partial charge in [0, 0.05) is 11.6 Å². The molecule has 2 aromatic rings. The van der Waals surface area contributed by atoms with Crippen LogP contribution in [-0.4, -0.2) is 54.0 Å². The average Bonchev–Trinajstić information content (AvgIpc) is 3.19. The molecule has 2 saturated heterocycles. The van der Waals surface area contributed by atoms with Gasteiger partial charge in [0.1, 0.15) is 12.1 Å². The Bertz CT molecular complexity index is 1020. The number of ether oxygens (including phenoxy) is 1. The molecule has 10 heteroatoms. The number of hydrogen-bond acceptors (Lipinski definition) is 4. The predicted molar refractivity (Wildman–Crippen MR) is 121 cm³/mol. The fourth-order valence-corrected chi connectivity index (χ4v) is 4.33. The number of nitrogens with one attached hydrogen (secondary N) is 3. The van der Waals surface area contributed by atoms with Crippen LogP contribution in [0, 0.1) is 0 Å². The zero-order chi connectivity index (χ0) is 22.7. The molecule has 0 bridgehead atoms. The summed E-state index contributed by atoms with van der Waals surface area (Å²) in [6, 6.07) is 12.1. The highest BCUT2D eigenvalue weighted by Gasteiger charge is 2.46. The van der Waals surface area contributed by atoms with E-state index in [9.17, 15) is 14.4 Å². The van der Waals surface area contributed by atoms with Crippen molar-refractivity contribution in [3.05, 3.63) is 64.1 Å². The van der Waals surface area contributed by atoms with Gasteiger partial charge < -0.3 is 25.6 Å². The van der Waals surface area contributed by atoms with Crippen LogP contribution in [0.15, 0.2) is 48.5 Å². The second kappa shape index (κ2) is 9.77.